The number of carbonyl (C=O) groups excluding carboxylic acids is 2. The molecule has 1 N–H and O–H groups in total. The molecular weight excluding hydrogens is 356 g/mol. The van der Waals surface area contributed by atoms with Crippen LogP contribution < -0.4 is 5.32 Å². The van der Waals surface area contributed by atoms with Gasteiger partial charge in [-0.3, -0.25) is 9.59 Å². The maximum Gasteiger partial charge on any atom is 0.272 e. The van der Waals surface area contributed by atoms with E-state index in [0.717, 1.165) is 28.6 Å². The molecule has 0 spiro atoms. The number of aromatic nitrogens is 2. The fourth-order valence-electron chi connectivity index (χ4n) is 3.84. The number of nitrogens with zero attached hydrogens (tertiary/aromatic N) is 3. The predicted molar refractivity (Wildman–Crippen MR) is 104 cm³/mol. The van der Waals surface area contributed by atoms with Gasteiger partial charge in [0.05, 0.1) is 18.7 Å². The third kappa shape index (κ3) is 2.84. The molecule has 2 aromatic heterocycles. The quantitative estimate of drug-likeness (QED) is 0.741. The lowest BCUT2D eigenvalue weighted by atomic mass is 10.0. The van der Waals surface area contributed by atoms with Gasteiger partial charge >= 0.3 is 0 Å². The number of pyridine rings is 1. The van der Waals surface area contributed by atoms with Crippen LogP contribution in [0.15, 0.2) is 42.6 Å². The van der Waals surface area contributed by atoms with E-state index in [-0.39, 0.29) is 11.8 Å². The SMILES string of the molecule is O=C1NCCn2cc(-c3cccc4ccc(C(=O)N5CCOCC5)nc34)cc21. The zero-order valence-electron chi connectivity index (χ0n) is 15.4. The van der Waals surface area contributed by atoms with Gasteiger partial charge in [-0.05, 0) is 12.1 Å². The minimum atomic E-state index is -0.0736. The van der Waals surface area contributed by atoms with E-state index in [1.54, 1.807) is 11.0 Å². The van der Waals surface area contributed by atoms with Gasteiger partial charge in [-0.25, -0.2) is 4.98 Å². The lowest BCUT2D eigenvalue weighted by Gasteiger charge is -2.26. The molecule has 0 aliphatic carbocycles. The first-order valence-corrected chi connectivity index (χ1v) is 9.46. The van der Waals surface area contributed by atoms with Crippen molar-refractivity contribution in [3.8, 4) is 11.1 Å². The molecule has 1 saturated heterocycles. The Labute approximate surface area is 161 Å². The molecule has 7 nitrogen and oxygen atoms in total. The summed E-state index contributed by atoms with van der Waals surface area (Å²) in [6.07, 6.45) is 1.99. The predicted octanol–water partition coefficient (Wildman–Crippen LogP) is 1.92. The molecule has 1 aromatic carbocycles. The summed E-state index contributed by atoms with van der Waals surface area (Å²) in [6, 6.07) is 11.5. The van der Waals surface area contributed by atoms with Crippen LogP contribution in [0.4, 0.5) is 0 Å². The number of para-hydroxylation sites is 1. The standard InChI is InChI=1S/C21H20N4O3/c26-20-18-12-15(13-25(18)7-6-22-20)16-3-1-2-14-4-5-17(23-19(14)16)21(27)24-8-10-28-11-9-24/h1-5,12-13H,6-11H2,(H,22,26). The van der Waals surface area contributed by atoms with E-state index in [0.29, 0.717) is 44.2 Å². The molecule has 3 aromatic rings. The number of nitrogens with one attached hydrogen (secondary N) is 1. The number of hydrogen-bond acceptors (Lipinski definition) is 4. The second-order valence-corrected chi connectivity index (χ2v) is 7.04. The molecule has 0 atom stereocenters. The van der Waals surface area contributed by atoms with Gasteiger partial charge in [0.15, 0.2) is 0 Å². The van der Waals surface area contributed by atoms with Crippen LogP contribution in [-0.4, -0.2) is 59.1 Å². The van der Waals surface area contributed by atoms with E-state index in [2.05, 4.69) is 5.32 Å². The van der Waals surface area contributed by atoms with Crippen molar-refractivity contribution < 1.29 is 14.3 Å². The van der Waals surface area contributed by atoms with Crippen molar-refractivity contribution in [2.75, 3.05) is 32.8 Å². The topological polar surface area (TPSA) is 76.5 Å². The minimum absolute atomic E-state index is 0.0612. The van der Waals surface area contributed by atoms with Crippen LogP contribution in [0, 0.1) is 0 Å². The van der Waals surface area contributed by atoms with Crippen molar-refractivity contribution in [3.05, 3.63) is 54.0 Å². The van der Waals surface area contributed by atoms with Gasteiger partial charge < -0.3 is 19.5 Å². The average Bonchev–Trinajstić information content (AvgIpc) is 3.18. The number of hydrogen-bond donors (Lipinski definition) is 1. The first-order valence-electron chi connectivity index (χ1n) is 9.46. The maximum atomic E-state index is 12.8. The average molecular weight is 376 g/mol. The number of carbonyl (C=O) groups is 2. The molecule has 4 heterocycles. The molecule has 1 fully saturated rings. The highest BCUT2D eigenvalue weighted by atomic mass is 16.5. The number of fused-ring (bicyclic) bond motifs is 2. The summed E-state index contributed by atoms with van der Waals surface area (Å²) in [6.45, 7) is 3.67. The van der Waals surface area contributed by atoms with Crippen LogP contribution in [0.2, 0.25) is 0 Å². The Morgan fingerprint density at radius 1 is 1.11 bits per heavy atom. The van der Waals surface area contributed by atoms with Crippen molar-refractivity contribution >= 4 is 22.7 Å². The first kappa shape index (κ1) is 16.9. The van der Waals surface area contributed by atoms with Crippen molar-refractivity contribution in [3.63, 3.8) is 0 Å². The van der Waals surface area contributed by atoms with Crippen LogP contribution in [0.1, 0.15) is 21.0 Å². The van der Waals surface area contributed by atoms with Gasteiger partial charge in [0, 0.05) is 48.9 Å². The summed E-state index contributed by atoms with van der Waals surface area (Å²) < 4.78 is 7.30. The van der Waals surface area contributed by atoms with Gasteiger partial charge in [0.1, 0.15) is 11.4 Å². The lowest BCUT2D eigenvalue weighted by molar-refractivity contribution is 0.0299. The van der Waals surface area contributed by atoms with E-state index in [1.165, 1.54) is 0 Å². The molecule has 2 aliphatic rings. The Hall–Kier alpha value is -3.19. The zero-order chi connectivity index (χ0) is 19.1. The molecule has 2 aliphatic heterocycles. The van der Waals surface area contributed by atoms with Gasteiger partial charge in [-0.15, -0.1) is 0 Å². The molecule has 0 unspecified atom stereocenters. The van der Waals surface area contributed by atoms with E-state index < -0.39 is 0 Å². The van der Waals surface area contributed by atoms with Crippen LogP contribution in [0.5, 0.6) is 0 Å². The van der Waals surface area contributed by atoms with Crippen LogP contribution in [-0.2, 0) is 11.3 Å². The fourth-order valence-corrected chi connectivity index (χ4v) is 3.84. The fraction of sp³-hybridized carbons (Fsp3) is 0.286. The molecule has 0 radical (unpaired) electrons. The summed E-state index contributed by atoms with van der Waals surface area (Å²) in [5, 5.41) is 3.83. The van der Waals surface area contributed by atoms with Gasteiger partial charge in [-0.2, -0.15) is 0 Å². The summed E-state index contributed by atoms with van der Waals surface area (Å²) in [5.41, 5.74) is 3.71. The molecule has 5 rings (SSSR count). The van der Waals surface area contributed by atoms with Crippen LogP contribution >= 0.6 is 0 Å². The highest BCUT2D eigenvalue weighted by Gasteiger charge is 2.22. The Bertz CT molecular complexity index is 1080. The number of benzene rings is 1. The highest BCUT2D eigenvalue weighted by molar-refractivity contribution is 6.00. The van der Waals surface area contributed by atoms with Gasteiger partial charge in [0.2, 0.25) is 0 Å². The second kappa shape index (κ2) is 6.76. The highest BCUT2D eigenvalue weighted by Crippen LogP contribution is 2.30. The van der Waals surface area contributed by atoms with E-state index >= 15 is 0 Å². The molecule has 7 heteroatoms. The first-order chi connectivity index (χ1) is 13.7. The Balaban J connectivity index is 1.58. The normalized spacial score (nSPS) is 16.7. The smallest absolute Gasteiger partial charge is 0.272 e. The summed E-state index contributed by atoms with van der Waals surface area (Å²) in [5.74, 6) is -0.135. The number of ether oxygens (including phenoxy) is 1. The van der Waals surface area contributed by atoms with Gasteiger partial charge in [0.25, 0.3) is 11.8 Å². The summed E-state index contributed by atoms with van der Waals surface area (Å²) >= 11 is 0. The second-order valence-electron chi connectivity index (χ2n) is 7.04. The molecule has 28 heavy (non-hydrogen) atoms. The minimum Gasteiger partial charge on any atom is -0.378 e. The molecule has 142 valence electrons. The third-order valence-electron chi connectivity index (χ3n) is 5.32. The van der Waals surface area contributed by atoms with E-state index in [1.807, 2.05) is 41.1 Å². The monoisotopic (exact) mass is 376 g/mol. The van der Waals surface area contributed by atoms with E-state index in [9.17, 15) is 9.59 Å². The zero-order valence-corrected chi connectivity index (χ0v) is 15.4. The Morgan fingerprint density at radius 3 is 2.79 bits per heavy atom. The lowest BCUT2D eigenvalue weighted by Crippen LogP contribution is -2.41. The Morgan fingerprint density at radius 2 is 1.96 bits per heavy atom. The van der Waals surface area contributed by atoms with Crippen LogP contribution in [0.25, 0.3) is 22.0 Å². The largest absolute Gasteiger partial charge is 0.378 e. The maximum absolute atomic E-state index is 12.8. The molecule has 0 saturated carbocycles. The van der Waals surface area contributed by atoms with Crippen molar-refractivity contribution in [1.82, 2.24) is 19.8 Å². The third-order valence-corrected chi connectivity index (χ3v) is 5.32. The number of amides is 2. The van der Waals surface area contributed by atoms with Gasteiger partial charge in [-0.1, -0.05) is 24.3 Å². The number of morpholine rings is 1. The summed E-state index contributed by atoms with van der Waals surface area (Å²) in [7, 11) is 0. The molecule has 2 amide bonds. The van der Waals surface area contributed by atoms with Crippen molar-refractivity contribution in [2.24, 2.45) is 0 Å². The van der Waals surface area contributed by atoms with Crippen molar-refractivity contribution in [1.29, 1.82) is 0 Å². The van der Waals surface area contributed by atoms with Crippen molar-refractivity contribution in [2.45, 2.75) is 6.54 Å². The number of rotatable bonds is 2. The van der Waals surface area contributed by atoms with E-state index in [4.69, 9.17) is 9.72 Å². The molecule has 0 bridgehead atoms. The Kier molecular flexibility index (Phi) is 4.09. The summed E-state index contributed by atoms with van der Waals surface area (Å²) in [4.78, 5) is 31.4. The van der Waals surface area contributed by atoms with Crippen LogP contribution in [0.3, 0.4) is 0 Å². The molecular formula is C21H20N4O3.